The Morgan fingerprint density at radius 1 is 1.42 bits per heavy atom. The Kier molecular flexibility index (Phi) is 5.82. The van der Waals surface area contributed by atoms with Gasteiger partial charge in [0.2, 0.25) is 0 Å². The quantitative estimate of drug-likeness (QED) is 0.643. The first-order chi connectivity index (χ1) is 8.99. The monoisotopic (exact) mass is 286 g/mol. The molecule has 4 nitrogen and oxygen atoms in total. The number of thioether (sulfide) groups is 1. The van der Waals surface area contributed by atoms with Gasteiger partial charge in [-0.05, 0) is 31.5 Å². The molecular formula is C13H15FO4S. The van der Waals surface area contributed by atoms with E-state index in [0.717, 1.165) is 6.07 Å². The summed E-state index contributed by atoms with van der Waals surface area (Å²) in [6.07, 6.45) is 0.545. The Balaban J connectivity index is 2.89. The maximum Gasteiger partial charge on any atom is 0.338 e. The summed E-state index contributed by atoms with van der Waals surface area (Å²) >= 11 is 1.17. The Morgan fingerprint density at radius 3 is 2.63 bits per heavy atom. The second kappa shape index (κ2) is 7.13. The van der Waals surface area contributed by atoms with Crippen molar-refractivity contribution in [3.63, 3.8) is 0 Å². The van der Waals surface area contributed by atoms with Gasteiger partial charge >= 0.3 is 11.9 Å². The van der Waals surface area contributed by atoms with E-state index in [9.17, 15) is 14.0 Å². The summed E-state index contributed by atoms with van der Waals surface area (Å²) in [7, 11) is 0. The number of hydrogen-bond acceptors (Lipinski definition) is 4. The molecule has 1 aromatic carbocycles. The lowest BCUT2D eigenvalue weighted by Crippen LogP contribution is -2.19. The van der Waals surface area contributed by atoms with Crippen LogP contribution in [0.25, 0.3) is 0 Å². The first kappa shape index (κ1) is 15.5. The van der Waals surface area contributed by atoms with Crippen LogP contribution >= 0.6 is 11.8 Å². The highest BCUT2D eigenvalue weighted by Gasteiger charge is 2.20. The molecule has 0 radical (unpaired) electrons. The molecule has 1 aromatic rings. The minimum absolute atomic E-state index is 0.291. The third-order valence-corrected chi connectivity index (χ3v) is 3.70. The number of aromatic carboxylic acids is 1. The number of carboxylic acids is 1. The van der Waals surface area contributed by atoms with Gasteiger partial charge in [0.05, 0.1) is 12.2 Å². The van der Waals surface area contributed by atoms with E-state index in [2.05, 4.69) is 0 Å². The average molecular weight is 286 g/mol. The van der Waals surface area contributed by atoms with Gasteiger partial charge < -0.3 is 9.84 Å². The molecule has 0 aliphatic rings. The topological polar surface area (TPSA) is 63.6 Å². The molecule has 1 unspecified atom stereocenters. The first-order valence-corrected chi connectivity index (χ1v) is 6.73. The number of ether oxygens (including phenoxy) is 1. The predicted octanol–water partition coefficient (Wildman–Crippen LogP) is 2.96. The molecule has 104 valence electrons. The number of carboxylic acid groups (broad SMARTS) is 1. The Morgan fingerprint density at radius 2 is 2.11 bits per heavy atom. The fourth-order valence-corrected chi connectivity index (χ4v) is 2.43. The van der Waals surface area contributed by atoms with Gasteiger partial charge in [-0.2, -0.15) is 0 Å². The molecule has 19 heavy (non-hydrogen) atoms. The van der Waals surface area contributed by atoms with Crippen molar-refractivity contribution in [1.82, 2.24) is 0 Å². The summed E-state index contributed by atoms with van der Waals surface area (Å²) in [4.78, 5) is 23.0. The molecule has 6 heteroatoms. The lowest BCUT2D eigenvalue weighted by atomic mass is 10.2. The van der Waals surface area contributed by atoms with E-state index < -0.39 is 22.6 Å². The second-order valence-corrected chi connectivity index (χ2v) is 4.99. The van der Waals surface area contributed by atoms with Crippen molar-refractivity contribution in [3.05, 3.63) is 29.6 Å². The van der Waals surface area contributed by atoms with Gasteiger partial charge in [0.25, 0.3) is 0 Å². The van der Waals surface area contributed by atoms with Crippen molar-refractivity contribution in [2.75, 3.05) is 6.61 Å². The maximum absolute atomic E-state index is 13.2. The molecule has 0 aliphatic heterocycles. The van der Waals surface area contributed by atoms with Crippen molar-refractivity contribution >= 4 is 23.7 Å². The SMILES string of the molecule is CCOC(=O)C(CC)Sc1ccc(F)c(C(=O)O)c1. The minimum atomic E-state index is -1.33. The smallest absolute Gasteiger partial charge is 0.338 e. The fourth-order valence-electron chi connectivity index (χ4n) is 1.44. The van der Waals surface area contributed by atoms with Gasteiger partial charge in [0, 0.05) is 4.90 Å². The summed E-state index contributed by atoms with van der Waals surface area (Å²) in [5.74, 6) is -2.47. The minimum Gasteiger partial charge on any atom is -0.478 e. The molecule has 0 aliphatic carbocycles. The zero-order valence-electron chi connectivity index (χ0n) is 10.7. The van der Waals surface area contributed by atoms with Crippen molar-refractivity contribution in [3.8, 4) is 0 Å². The average Bonchev–Trinajstić information content (AvgIpc) is 2.37. The van der Waals surface area contributed by atoms with Crippen LogP contribution in [0.2, 0.25) is 0 Å². The lowest BCUT2D eigenvalue weighted by Gasteiger charge is -2.13. The van der Waals surface area contributed by atoms with Gasteiger partial charge in [0.15, 0.2) is 0 Å². The zero-order valence-corrected chi connectivity index (χ0v) is 11.5. The largest absolute Gasteiger partial charge is 0.478 e. The molecule has 0 fully saturated rings. The van der Waals surface area contributed by atoms with Crippen LogP contribution in [0.5, 0.6) is 0 Å². The van der Waals surface area contributed by atoms with Crippen LogP contribution in [0.15, 0.2) is 23.1 Å². The number of esters is 1. The summed E-state index contributed by atoms with van der Waals surface area (Å²) in [5, 5.41) is 8.41. The third-order valence-electron chi connectivity index (χ3n) is 2.37. The van der Waals surface area contributed by atoms with Crippen molar-refractivity contribution < 1.29 is 23.8 Å². The van der Waals surface area contributed by atoms with Gasteiger partial charge in [-0.15, -0.1) is 11.8 Å². The molecule has 0 bridgehead atoms. The Hall–Kier alpha value is -1.56. The molecule has 0 heterocycles. The highest BCUT2D eigenvalue weighted by atomic mass is 32.2. The van der Waals surface area contributed by atoms with Crippen molar-refractivity contribution in [1.29, 1.82) is 0 Å². The second-order valence-electron chi connectivity index (χ2n) is 3.71. The van der Waals surface area contributed by atoms with Crippen LogP contribution in [0.4, 0.5) is 4.39 Å². The highest BCUT2D eigenvalue weighted by Crippen LogP contribution is 2.28. The van der Waals surface area contributed by atoms with E-state index in [1.165, 1.54) is 23.9 Å². The van der Waals surface area contributed by atoms with E-state index >= 15 is 0 Å². The third kappa shape index (κ3) is 4.24. The van der Waals surface area contributed by atoms with Gasteiger partial charge in [-0.3, -0.25) is 4.79 Å². The Bertz CT molecular complexity index is 476. The van der Waals surface area contributed by atoms with Crippen molar-refractivity contribution in [2.24, 2.45) is 0 Å². The molecule has 1 rings (SSSR count). The van der Waals surface area contributed by atoms with Crippen LogP contribution in [-0.2, 0) is 9.53 Å². The van der Waals surface area contributed by atoms with Crippen LogP contribution in [0.3, 0.4) is 0 Å². The number of rotatable bonds is 6. The maximum atomic E-state index is 13.2. The Labute approximate surface area is 115 Å². The first-order valence-electron chi connectivity index (χ1n) is 5.85. The van der Waals surface area contributed by atoms with Crippen molar-refractivity contribution in [2.45, 2.75) is 30.4 Å². The van der Waals surface area contributed by atoms with Crippen LogP contribution in [-0.4, -0.2) is 28.9 Å². The molecule has 1 atom stereocenters. The standard InChI is InChI=1S/C13H15FO4S/c1-3-11(13(17)18-4-2)19-8-5-6-10(14)9(7-8)12(15)16/h5-7,11H,3-4H2,1-2H3,(H,15,16). The predicted molar refractivity (Wildman–Crippen MR) is 69.9 cm³/mol. The summed E-state index contributed by atoms with van der Waals surface area (Å²) in [5.41, 5.74) is -0.399. The van der Waals surface area contributed by atoms with E-state index in [1.807, 2.05) is 6.92 Å². The molecule has 0 saturated carbocycles. The van der Waals surface area contributed by atoms with E-state index in [4.69, 9.17) is 9.84 Å². The van der Waals surface area contributed by atoms with E-state index in [-0.39, 0.29) is 5.97 Å². The van der Waals surface area contributed by atoms with E-state index in [0.29, 0.717) is 17.9 Å². The zero-order chi connectivity index (χ0) is 14.4. The normalized spacial score (nSPS) is 11.9. The summed E-state index contributed by atoms with van der Waals surface area (Å²) < 4.78 is 18.2. The number of benzene rings is 1. The molecule has 0 spiro atoms. The number of hydrogen-bond donors (Lipinski definition) is 1. The van der Waals surface area contributed by atoms with Crippen LogP contribution < -0.4 is 0 Å². The number of carbonyl (C=O) groups excluding carboxylic acids is 1. The summed E-state index contributed by atoms with van der Waals surface area (Å²) in [6, 6.07) is 3.77. The van der Waals surface area contributed by atoms with Gasteiger partial charge in [-0.25, -0.2) is 9.18 Å². The molecule has 1 N–H and O–H groups in total. The fraction of sp³-hybridized carbons (Fsp3) is 0.385. The van der Waals surface area contributed by atoms with Crippen LogP contribution in [0, 0.1) is 5.82 Å². The lowest BCUT2D eigenvalue weighted by molar-refractivity contribution is -0.142. The molecule has 0 amide bonds. The number of carbonyl (C=O) groups is 2. The van der Waals surface area contributed by atoms with Gasteiger partial charge in [-0.1, -0.05) is 6.92 Å². The number of halogens is 1. The van der Waals surface area contributed by atoms with E-state index in [1.54, 1.807) is 6.92 Å². The summed E-state index contributed by atoms with van der Waals surface area (Å²) in [6.45, 7) is 3.84. The van der Waals surface area contributed by atoms with Crippen LogP contribution in [0.1, 0.15) is 30.6 Å². The highest BCUT2D eigenvalue weighted by molar-refractivity contribution is 8.00. The molecular weight excluding hydrogens is 271 g/mol. The van der Waals surface area contributed by atoms with Gasteiger partial charge in [0.1, 0.15) is 11.1 Å². The molecule has 0 aromatic heterocycles. The molecule has 0 saturated heterocycles.